The van der Waals surface area contributed by atoms with Gasteiger partial charge in [-0.2, -0.15) is 0 Å². The van der Waals surface area contributed by atoms with Gasteiger partial charge in [-0.3, -0.25) is 0 Å². The lowest BCUT2D eigenvalue weighted by Gasteiger charge is -2.05. The second-order valence-corrected chi connectivity index (χ2v) is 3.90. The largest absolute Gasteiger partial charge is 0.352 e. The van der Waals surface area contributed by atoms with Crippen molar-refractivity contribution in [3.05, 3.63) is 47.5 Å². The van der Waals surface area contributed by atoms with Crippen LogP contribution in [0.25, 0.3) is 10.8 Å². The van der Waals surface area contributed by atoms with Crippen LogP contribution in [0, 0.1) is 6.92 Å². The molecule has 0 heterocycles. The van der Waals surface area contributed by atoms with Crippen LogP contribution >= 0.6 is 0 Å². The first-order valence-electron chi connectivity index (χ1n) is 5.18. The number of rotatable bonds is 2. The highest BCUT2D eigenvalue weighted by molar-refractivity contribution is 5.83. The highest BCUT2D eigenvalue weighted by Gasteiger charge is 1.98. The highest BCUT2D eigenvalue weighted by atomic mass is 16.2. The van der Waals surface area contributed by atoms with Crippen LogP contribution in [0.1, 0.15) is 11.1 Å². The Balaban J connectivity index is 2.30. The molecule has 0 bridgehead atoms. The minimum atomic E-state index is -0.496. The first kappa shape index (κ1) is 10.5. The maximum atomic E-state index is 10.6. The van der Waals surface area contributed by atoms with Gasteiger partial charge in [0.15, 0.2) is 0 Å². The Morgan fingerprint density at radius 2 is 1.88 bits per heavy atom. The molecule has 0 aliphatic carbocycles. The smallest absolute Gasteiger partial charge is 0.312 e. The number of hydrogen-bond donors (Lipinski definition) is 2. The summed E-state index contributed by atoms with van der Waals surface area (Å²) in [5, 5.41) is 4.96. The number of primary amides is 1. The molecule has 0 radical (unpaired) electrons. The van der Waals surface area contributed by atoms with E-state index in [4.69, 9.17) is 5.73 Å². The normalized spacial score (nSPS) is 10.3. The molecule has 3 heteroatoms. The van der Waals surface area contributed by atoms with E-state index in [2.05, 4.69) is 42.6 Å². The third kappa shape index (κ3) is 2.31. The molecule has 0 saturated heterocycles. The van der Waals surface area contributed by atoms with Gasteiger partial charge >= 0.3 is 6.03 Å². The Morgan fingerprint density at radius 3 is 2.62 bits per heavy atom. The molecule has 2 amide bonds. The third-order valence-corrected chi connectivity index (χ3v) is 2.53. The zero-order valence-electron chi connectivity index (χ0n) is 9.16. The number of amides is 2. The van der Waals surface area contributed by atoms with Gasteiger partial charge in [0.2, 0.25) is 0 Å². The molecule has 0 aromatic heterocycles. The second kappa shape index (κ2) is 4.23. The average Bonchev–Trinajstić information content (AvgIpc) is 2.26. The Labute approximate surface area is 94.3 Å². The van der Waals surface area contributed by atoms with E-state index in [9.17, 15) is 4.79 Å². The van der Waals surface area contributed by atoms with Gasteiger partial charge in [0.05, 0.1) is 0 Å². The topological polar surface area (TPSA) is 55.1 Å². The zero-order valence-corrected chi connectivity index (χ0v) is 9.16. The predicted octanol–water partition coefficient (Wildman–Crippen LogP) is 2.32. The van der Waals surface area contributed by atoms with Crippen molar-refractivity contribution in [1.82, 2.24) is 5.32 Å². The molecular weight excluding hydrogens is 200 g/mol. The lowest BCUT2D eigenvalue weighted by molar-refractivity contribution is 0.248. The van der Waals surface area contributed by atoms with E-state index in [1.165, 1.54) is 16.3 Å². The van der Waals surface area contributed by atoms with Gasteiger partial charge < -0.3 is 11.1 Å². The number of aryl methyl sites for hydroxylation is 1. The van der Waals surface area contributed by atoms with Gasteiger partial charge in [0.1, 0.15) is 0 Å². The van der Waals surface area contributed by atoms with Crippen molar-refractivity contribution < 1.29 is 4.79 Å². The van der Waals surface area contributed by atoms with Crippen molar-refractivity contribution in [3.8, 4) is 0 Å². The minimum Gasteiger partial charge on any atom is -0.352 e. The lowest BCUT2D eigenvalue weighted by atomic mass is 10.0. The molecule has 0 spiro atoms. The van der Waals surface area contributed by atoms with Crippen LogP contribution in [-0.4, -0.2) is 6.03 Å². The van der Waals surface area contributed by atoms with E-state index in [0.717, 1.165) is 5.56 Å². The molecule has 0 aliphatic rings. The molecule has 82 valence electrons. The number of nitrogens with one attached hydrogen (secondary N) is 1. The van der Waals surface area contributed by atoms with Crippen LogP contribution in [0.2, 0.25) is 0 Å². The third-order valence-electron chi connectivity index (χ3n) is 2.53. The second-order valence-electron chi connectivity index (χ2n) is 3.90. The van der Waals surface area contributed by atoms with Crippen molar-refractivity contribution in [1.29, 1.82) is 0 Å². The van der Waals surface area contributed by atoms with Gasteiger partial charge in [-0.1, -0.05) is 35.9 Å². The first-order valence-corrected chi connectivity index (χ1v) is 5.18. The van der Waals surface area contributed by atoms with Crippen LogP contribution < -0.4 is 11.1 Å². The molecule has 0 saturated carbocycles. The van der Waals surface area contributed by atoms with E-state index in [1.54, 1.807) is 0 Å². The summed E-state index contributed by atoms with van der Waals surface area (Å²) in [6, 6.07) is 11.9. The van der Waals surface area contributed by atoms with Crippen molar-refractivity contribution >= 4 is 16.8 Å². The van der Waals surface area contributed by atoms with Crippen LogP contribution in [0.3, 0.4) is 0 Å². The summed E-state index contributed by atoms with van der Waals surface area (Å²) < 4.78 is 0. The van der Waals surface area contributed by atoms with Gasteiger partial charge in [-0.25, -0.2) is 4.79 Å². The van der Waals surface area contributed by atoms with E-state index < -0.39 is 6.03 Å². The molecule has 3 nitrogen and oxygen atoms in total. The maximum absolute atomic E-state index is 10.6. The molecule has 3 N–H and O–H groups in total. The van der Waals surface area contributed by atoms with Crippen LogP contribution in [0.15, 0.2) is 36.4 Å². The standard InChI is InChI=1S/C13H14N2O/c1-9-2-4-12-7-10(8-15-13(14)16)3-5-11(12)6-9/h2-7H,8H2,1H3,(H3,14,15,16). The van der Waals surface area contributed by atoms with Crippen molar-refractivity contribution in [3.63, 3.8) is 0 Å². The number of carbonyl (C=O) groups excluding carboxylic acids is 1. The number of fused-ring (bicyclic) bond motifs is 1. The minimum absolute atomic E-state index is 0.471. The van der Waals surface area contributed by atoms with E-state index in [0.29, 0.717) is 6.54 Å². The average molecular weight is 214 g/mol. The monoisotopic (exact) mass is 214 g/mol. The molecule has 0 atom stereocenters. The van der Waals surface area contributed by atoms with Crippen LogP contribution in [-0.2, 0) is 6.54 Å². The van der Waals surface area contributed by atoms with Crippen molar-refractivity contribution in [2.45, 2.75) is 13.5 Å². The number of benzene rings is 2. The summed E-state index contributed by atoms with van der Waals surface area (Å²) in [7, 11) is 0. The Bertz CT molecular complexity index is 534. The summed E-state index contributed by atoms with van der Waals surface area (Å²) in [4.78, 5) is 10.6. The molecule has 0 fully saturated rings. The molecule has 0 unspecified atom stereocenters. The highest BCUT2D eigenvalue weighted by Crippen LogP contribution is 2.17. The fourth-order valence-electron chi connectivity index (χ4n) is 1.71. The summed E-state index contributed by atoms with van der Waals surface area (Å²) in [5.41, 5.74) is 7.32. The Kier molecular flexibility index (Phi) is 2.77. The predicted molar refractivity (Wildman–Crippen MR) is 65.1 cm³/mol. The van der Waals surface area contributed by atoms with Gasteiger partial charge in [0, 0.05) is 6.54 Å². The van der Waals surface area contributed by atoms with E-state index in [1.807, 2.05) is 6.07 Å². The van der Waals surface area contributed by atoms with Crippen LogP contribution in [0.5, 0.6) is 0 Å². The maximum Gasteiger partial charge on any atom is 0.312 e. The van der Waals surface area contributed by atoms with Crippen LogP contribution in [0.4, 0.5) is 4.79 Å². The van der Waals surface area contributed by atoms with Crippen molar-refractivity contribution in [2.75, 3.05) is 0 Å². The van der Waals surface area contributed by atoms with E-state index >= 15 is 0 Å². The zero-order chi connectivity index (χ0) is 11.5. The van der Waals surface area contributed by atoms with Gasteiger partial charge in [-0.05, 0) is 29.3 Å². The summed E-state index contributed by atoms with van der Waals surface area (Å²) in [6.07, 6.45) is 0. The fourth-order valence-corrected chi connectivity index (χ4v) is 1.71. The Morgan fingerprint density at radius 1 is 1.19 bits per heavy atom. The number of urea groups is 1. The van der Waals surface area contributed by atoms with Crippen molar-refractivity contribution in [2.24, 2.45) is 5.73 Å². The SMILES string of the molecule is Cc1ccc2cc(CNC(N)=O)ccc2c1. The molecule has 2 rings (SSSR count). The molecular formula is C13H14N2O. The quantitative estimate of drug-likeness (QED) is 0.792. The summed E-state index contributed by atoms with van der Waals surface area (Å²) >= 11 is 0. The molecule has 16 heavy (non-hydrogen) atoms. The number of hydrogen-bond acceptors (Lipinski definition) is 1. The molecule has 2 aromatic carbocycles. The summed E-state index contributed by atoms with van der Waals surface area (Å²) in [6.45, 7) is 2.54. The lowest BCUT2D eigenvalue weighted by Crippen LogP contribution is -2.28. The fraction of sp³-hybridized carbons (Fsp3) is 0.154. The first-order chi connectivity index (χ1) is 7.65. The van der Waals surface area contributed by atoms with Gasteiger partial charge in [-0.15, -0.1) is 0 Å². The molecule has 2 aromatic rings. The van der Waals surface area contributed by atoms with E-state index in [-0.39, 0.29) is 0 Å². The molecule has 0 aliphatic heterocycles. The number of nitrogens with two attached hydrogens (primary N) is 1. The summed E-state index contributed by atoms with van der Waals surface area (Å²) in [5.74, 6) is 0. The Hall–Kier alpha value is -2.03. The van der Waals surface area contributed by atoms with Gasteiger partial charge in [0.25, 0.3) is 0 Å². The number of carbonyl (C=O) groups is 1.